The summed E-state index contributed by atoms with van der Waals surface area (Å²) in [4.78, 5) is 5.78. The lowest BCUT2D eigenvalue weighted by molar-refractivity contribution is 0.183. The van der Waals surface area contributed by atoms with Crippen molar-refractivity contribution in [1.82, 2.24) is 10.1 Å². The van der Waals surface area contributed by atoms with Gasteiger partial charge in [-0.05, 0) is 49.3 Å². The maximum Gasteiger partial charge on any atom is 0.247 e. The van der Waals surface area contributed by atoms with Crippen LogP contribution in [0.1, 0.15) is 38.5 Å². The van der Waals surface area contributed by atoms with Crippen molar-refractivity contribution in [3.63, 3.8) is 0 Å². The first-order chi connectivity index (χ1) is 10.1. The second-order valence-electron chi connectivity index (χ2n) is 6.01. The van der Waals surface area contributed by atoms with Gasteiger partial charge in [-0.1, -0.05) is 24.9 Å². The molecule has 1 aliphatic rings. The number of hydrogen-bond donors (Lipinski definition) is 1. The molecule has 0 bridgehead atoms. The molecule has 1 aromatic heterocycles. The largest absolute Gasteiger partial charge is 0.337 e. The number of nitrogens with two attached hydrogens (primary N) is 1. The van der Waals surface area contributed by atoms with Gasteiger partial charge in [0.15, 0.2) is 0 Å². The Labute approximate surface area is 129 Å². The predicted octanol–water partition coefficient (Wildman–Crippen LogP) is 3.82. The molecule has 112 valence electrons. The third-order valence-electron chi connectivity index (χ3n) is 4.23. The van der Waals surface area contributed by atoms with E-state index in [2.05, 4.69) is 35.5 Å². The first kappa shape index (κ1) is 14.6. The lowest BCUT2D eigenvalue weighted by Crippen LogP contribution is -2.41. The Bertz CT molecular complexity index is 610. The maximum absolute atomic E-state index is 6.51. The molecule has 2 atom stereocenters. The highest BCUT2D eigenvalue weighted by atomic mass is 32.2. The van der Waals surface area contributed by atoms with Gasteiger partial charge < -0.3 is 10.3 Å². The van der Waals surface area contributed by atoms with Crippen LogP contribution in [0.15, 0.2) is 33.7 Å². The summed E-state index contributed by atoms with van der Waals surface area (Å²) in [6, 6.07) is 8.17. The van der Waals surface area contributed by atoms with Gasteiger partial charge in [0.1, 0.15) is 0 Å². The average Bonchev–Trinajstić information content (AvgIpc) is 2.98. The van der Waals surface area contributed by atoms with E-state index in [1.165, 1.54) is 11.3 Å². The summed E-state index contributed by atoms with van der Waals surface area (Å²) in [6.07, 6.45) is 6.25. The zero-order valence-electron chi connectivity index (χ0n) is 12.5. The molecule has 0 aliphatic heterocycles. The van der Waals surface area contributed by atoms with Crippen LogP contribution in [-0.4, -0.2) is 16.4 Å². The van der Waals surface area contributed by atoms with Crippen LogP contribution in [-0.2, 0) is 5.54 Å². The first-order valence-electron chi connectivity index (χ1n) is 7.38. The Kier molecular flexibility index (Phi) is 4.04. The fraction of sp³-hybridized carbons (Fsp3) is 0.500. The summed E-state index contributed by atoms with van der Waals surface area (Å²) in [5.41, 5.74) is 7.02. The minimum absolute atomic E-state index is 0.456. The molecule has 1 fully saturated rings. The van der Waals surface area contributed by atoms with Crippen LogP contribution in [0.4, 0.5) is 0 Å². The standard InChI is InChI=1S/C16H21N3OS/c1-11-4-3-9-16(17,10-11)15-18-14(19-20-15)12-5-7-13(21-2)8-6-12/h5-8,11H,3-4,9-10,17H2,1-2H3. The van der Waals surface area contributed by atoms with Crippen LogP contribution >= 0.6 is 11.8 Å². The highest BCUT2D eigenvalue weighted by Gasteiger charge is 2.37. The normalized spacial score (nSPS) is 26.0. The molecule has 21 heavy (non-hydrogen) atoms. The fourth-order valence-electron chi connectivity index (χ4n) is 3.07. The minimum Gasteiger partial charge on any atom is -0.337 e. The van der Waals surface area contributed by atoms with Crippen molar-refractivity contribution in [3.05, 3.63) is 30.2 Å². The fourth-order valence-corrected chi connectivity index (χ4v) is 3.48. The number of thioether (sulfide) groups is 1. The highest BCUT2D eigenvalue weighted by molar-refractivity contribution is 7.98. The van der Waals surface area contributed by atoms with Crippen LogP contribution in [0.3, 0.4) is 0 Å². The lowest BCUT2D eigenvalue weighted by Gasteiger charge is -2.33. The minimum atomic E-state index is -0.456. The summed E-state index contributed by atoms with van der Waals surface area (Å²) in [7, 11) is 0. The van der Waals surface area contributed by atoms with Crippen molar-refractivity contribution in [2.75, 3.05) is 6.26 Å². The van der Waals surface area contributed by atoms with E-state index in [4.69, 9.17) is 10.3 Å². The topological polar surface area (TPSA) is 64.9 Å². The molecule has 2 aromatic rings. The van der Waals surface area contributed by atoms with Gasteiger partial charge in [-0.3, -0.25) is 0 Å². The van der Waals surface area contributed by atoms with Gasteiger partial charge in [0.05, 0.1) is 5.54 Å². The van der Waals surface area contributed by atoms with Gasteiger partial charge in [-0.2, -0.15) is 4.98 Å². The Balaban J connectivity index is 1.85. The van der Waals surface area contributed by atoms with E-state index in [1.54, 1.807) is 11.8 Å². The van der Waals surface area contributed by atoms with Gasteiger partial charge in [0.2, 0.25) is 11.7 Å². The van der Waals surface area contributed by atoms with E-state index in [0.29, 0.717) is 17.6 Å². The second kappa shape index (κ2) is 5.81. The Morgan fingerprint density at radius 1 is 1.33 bits per heavy atom. The first-order valence-corrected chi connectivity index (χ1v) is 8.61. The Morgan fingerprint density at radius 3 is 2.76 bits per heavy atom. The molecule has 0 spiro atoms. The van der Waals surface area contributed by atoms with E-state index >= 15 is 0 Å². The molecule has 3 rings (SSSR count). The monoisotopic (exact) mass is 303 g/mol. The van der Waals surface area contributed by atoms with E-state index in [0.717, 1.165) is 24.8 Å². The lowest BCUT2D eigenvalue weighted by atomic mass is 9.77. The summed E-state index contributed by atoms with van der Waals surface area (Å²) < 4.78 is 5.48. The quantitative estimate of drug-likeness (QED) is 0.873. The van der Waals surface area contributed by atoms with Crippen molar-refractivity contribution < 1.29 is 4.52 Å². The third-order valence-corrected chi connectivity index (χ3v) is 4.98. The van der Waals surface area contributed by atoms with Crippen LogP contribution < -0.4 is 5.73 Å². The molecular formula is C16H21N3OS. The molecule has 5 heteroatoms. The molecule has 0 amide bonds. The summed E-state index contributed by atoms with van der Waals surface area (Å²) >= 11 is 1.72. The van der Waals surface area contributed by atoms with Crippen LogP contribution in [0.2, 0.25) is 0 Å². The van der Waals surface area contributed by atoms with Gasteiger partial charge in [0.25, 0.3) is 0 Å². The number of aromatic nitrogens is 2. The van der Waals surface area contributed by atoms with Gasteiger partial charge >= 0.3 is 0 Å². The number of rotatable bonds is 3. The molecule has 0 radical (unpaired) electrons. The van der Waals surface area contributed by atoms with Crippen molar-refractivity contribution in [1.29, 1.82) is 0 Å². The third kappa shape index (κ3) is 2.99. The molecule has 1 aromatic carbocycles. The van der Waals surface area contributed by atoms with Gasteiger partial charge in [-0.15, -0.1) is 11.8 Å². The number of hydrogen-bond acceptors (Lipinski definition) is 5. The molecular weight excluding hydrogens is 282 g/mol. The molecule has 2 unspecified atom stereocenters. The van der Waals surface area contributed by atoms with E-state index < -0.39 is 5.54 Å². The van der Waals surface area contributed by atoms with Gasteiger partial charge in [0, 0.05) is 10.5 Å². The van der Waals surface area contributed by atoms with Crippen molar-refractivity contribution >= 4 is 11.8 Å². The molecule has 4 nitrogen and oxygen atoms in total. The molecule has 2 N–H and O–H groups in total. The zero-order chi connectivity index (χ0) is 14.9. The average molecular weight is 303 g/mol. The maximum atomic E-state index is 6.51. The van der Waals surface area contributed by atoms with Crippen LogP contribution in [0, 0.1) is 5.92 Å². The summed E-state index contributed by atoms with van der Waals surface area (Å²) in [5, 5.41) is 4.11. The summed E-state index contributed by atoms with van der Waals surface area (Å²) in [5.74, 6) is 1.82. The zero-order valence-corrected chi connectivity index (χ0v) is 13.3. The number of benzene rings is 1. The molecule has 1 heterocycles. The highest BCUT2D eigenvalue weighted by Crippen LogP contribution is 2.37. The van der Waals surface area contributed by atoms with E-state index in [9.17, 15) is 0 Å². The van der Waals surface area contributed by atoms with E-state index in [-0.39, 0.29) is 0 Å². The SMILES string of the molecule is CSc1ccc(-c2noc(C3(N)CCCC(C)C3)n2)cc1. The summed E-state index contributed by atoms with van der Waals surface area (Å²) in [6.45, 7) is 2.24. The number of nitrogens with zero attached hydrogens (tertiary/aromatic N) is 2. The second-order valence-corrected chi connectivity index (χ2v) is 6.89. The van der Waals surface area contributed by atoms with Crippen LogP contribution in [0.25, 0.3) is 11.4 Å². The van der Waals surface area contributed by atoms with Gasteiger partial charge in [-0.25, -0.2) is 0 Å². The molecule has 1 aliphatic carbocycles. The van der Waals surface area contributed by atoms with Crippen molar-refractivity contribution in [2.24, 2.45) is 11.7 Å². The molecule has 0 saturated heterocycles. The predicted molar refractivity (Wildman–Crippen MR) is 85.0 cm³/mol. The Morgan fingerprint density at radius 2 is 2.10 bits per heavy atom. The Hall–Kier alpha value is -1.33. The van der Waals surface area contributed by atoms with Crippen molar-refractivity contribution in [2.45, 2.75) is 43.0 Å². The van der Waals surface area contributed by atoms with Crippen molar-refractivity contribution in [3.8, 4) is 11.4 Å². The van der Waals surface area contributed by atoms with Crippen LogP contribution in [0.5, 0.6) is 0 Å². The van der Waals surface area contributed by atoms with E-state index in [1.807, 2.05) is 12.1 Å². The smallest absolute Gasteiger partial charge is 0.247 e. The molecule has 1 saturated carbocycles.